The second-order valence-corrected chi connectivity index (χ2v) is 9.49. The lowest BCUT2D eigenvalue weighted by Gasteiger charge is -2.08. The first-order valence-electron chi connectivity index (χ1n) is 9.67. The molecule has 164 valence electrons. The summed E-state index contributed by atoms with van der Waals surface area (Å²) in [6, 6.07) is 13.4. The van der Waals surface area contributed by atoms with E-state index >= 15 is 0 Å². The van der Waals surface area contributed by atoms with E-state index in [1.165, 1.54) is 41.7 Å². The highest BCUT2D eigenvalue weighted by atomic mass is 32.1. The van der Waals surface area contributed by atoms with Gasteiger partial charge in [-0.25, -0.2) is 8.78 Å². The lowest BCUT2D eigenvalue weighted by atomic mass is 10.1. The van der Waals surface area contributed by atoms with Crippen LogP contribution in [-0.2, 0) is 0 Å². The molecule has 2 aromatic heterocycles. The molecule has 0 saturated carbocycles. The van der Waals surface area contributed by atoms with Crippen molar-refractivity contribution in [3.63, 3.8) is 0 Å². The molecular formula is C23H14F5NOS2. The Labute approximate surface area is 187 Å². The standard InChI is InChI=1S/C23H14F5NOS2/c24-14-2-1-3-15(25)22(14)17-9-8-16(29-17)19-11-21-20(32-19)10-18(31-21)12-4-6-13(7-5-12)30-23(26,27)28/h1-7,10-11,16H,8-9H2. The van der Waals surface area contributed by atoms with Gasteiger partial charge in [0, 0.05) is 24.9 Å². The summed E-state index contributed by atoms with van der Waals surface area (Å²) in [5, 5.41) is 0. The minimum Gasteiger partial charge on any atom is -0.406 e. The van der Waals surface area contributed by atoms with Crippen molar-refractivity contribution < 1.29 is 26.7 Å². The number of hydrogen-bond acceptors (Lipinski definition) is 4. The third-order valence-corrected chi connectivity index (χ3v) is 7.59. The van der Waals surface area contributed by atoms with Gasteiger partial charge in [-0.2, -0.15) is 0 Å². The number of benzene rings is 2. The van der Waals surface area contributed by atoms with Gasteiger partial charge in [0.2, 0.25) is 0 Å². The van der Waals surface area contributed by atoms with Crippen molar-refractivity contribution in [1.29, 1.82) is 0 Å². The third kappa shape index (κ3) is 4.14. The molecule has 2 nitrogen and oxygen atoms in total. The van der Waals surface area contributed by atoms with Gasteiger partial charge in [-0.15, -0.1) is 35.8 Å². The lowest BCUT2D eigenvalue weighted by molar-refractivity contribution is -0.274. The number of thiophene rings is 2. The highest BCUT2D eigenvalue weighted by molar-refractivity contribution is 7.29. The van der Waals surface area contributed by atoms with Gasteiger partial charge in [-0.3, -0.25) is 4.99 Å². The van der Waals surface area contributed by atoms with Crippen molar-refractivity contribution >= 4 is 37.8 Å². The number of alkyl halides is 3. The van der Waals surface area contributed by atoms with Gasteiger partial charge in [0.1, 0.15) is 17.4 Å². The Kier molecular flexibility index (Phi) is 5.25. The Morgan fingerprint density at radius 2 is 1.59 bits per heavy atom. The normalized spacial score (nSPS) is 16.5. The molecule has 5 rings (SSSR count). The smallest absolute Gasteiger partial charge is 0.406 e. The molecule has 0 radical (unpaired) electrons. The van der Waals surface area contributed by atoms with Crippen LogP contribution in [0.3, 0.4) is 0 Å². The Bertz CT molecular complexity index is 1270. The molecule has 9 heteroatoms. The zero-order valence-corrected chi connectivity index (χ0v) is 17.9. The van der Waals surface area contributed by atoms with Crippen LogP contribution in [0.25, 0.3) is 19.8 Å². The van der Waals surface area contributed by atoms with Crippen molar-refractivity contribution in [3.05, 3.63) is 76.7 Å². The van der Waals surface area contributed by atoms with Crippen LogP contribution in [0.5, 0.6) is 5.75 Å². The molecule has 0 spiro atoms. The largest absolute Gasteiger partial charge is 0.573 e. The summed E-state index contributed by atoms with van der Waals surface area (Å²) in [5.74, 6) is -1.47. The van der Waals surface area contributed by atoms with E-state index in [4.69, 9.17) is 0 Å². The number of nitrogens with zero attached hydrogens (tertiary/aromatic N) is 1. The zero-order chi connectivity index (χ0) is 22.5. The van der Waals surface area contributed by atoms with Crippen LogP contribution in [0, 0.1) is 11.6 Å². The highest BCUT2D eigenvalue weighted by Gasteiger charge is 2.31. The highest BCUT2D eigenvalue weighted by Crippen LogP contribution is 2.43. The third-order valence-electron chi connectivity index (χ3n) is 5.14. The molecule has 1 aliphatic rings. The minimum atomic E-state index is -4.72. The molecule has 3 heterocycles. The quantitative estimate of drug-likeness (QED) is 0.271. The number of hydrogen-bond donors (Lipinski definition) is 0. The minimum absolute atomic E-state index is 0.0476. The number of rotatable bonds is 4. The second-order valence-electron chi connectivity index (χ2n) is 7.29. The lowest BCUT2D eigenvalue weighted by Crippen LogP contribution is -2.16. The van der Waals surface area contributed by atoms with Crippen LogP contribution in [-0.4, -0.2) is 12.1 Å². The molecule has 0 saturated heterocycles. The SMILES string of the molecule is Fc1cccc(F)c1C1=NC(c2cc3sc(-c4ccc(OC(F)(F)F)cc4)cc3s2)CC1. The molecule has 0 fully saturated rings. The predicted octanol–water partition coefficient (Wildman–Crippen LogP) is 8.13. The van der Waals surface area contributed by atoms with Crippen molar-refractivity contribution in [2.45, 2.75) is 25.2 Å². The van der Waals surface area contributed by atoms with Gasteiger partial charge < -0.3 is 4.74 Å². The molecule has 0 bridgehead atoms. The fourth-order valence-corrected chi connectivity index (χ4v) is 6.23. The number of aliphatic imine (C=N–C) groups is 1. The summed E-state index contributed by atoms with van der Waals surface area (Å²) >= 11 is 3.10. The number of ether oxygens (including phenoxy) is 1. The molecule has 1 unspecified atom stereocenters. The maximum Gasteiger partial charge on any atom is 0.573 e. The van der Waals surface area contributed by atoms with Crippen LogP contribution in [0.4, 0.5) is 22.0 Å². The first kappa shape index (κ1) is 21.1. The van der Waals surface area contributed by atoms with Crippen molar-refractivity contribution in [2.75, 3.05) is 0 Å². The fourth-order valence-electron chi connectivity index (χ4n) is 3.74. The van der Waals surface area contributed by atoms with Crippen LogP contribution in [0.1, 0.15) is 29.3 Å². The first-order chi connectivity index (χ1) is 15.3. The van der Waals surface area contributed by atoms with E-state index < -0.39 is 18.0 Å². The summed E-state index contributed by atoms with van der Waals surface area (Å²) < 4.78 is 71.1. The molecule has 1 atom stereocenters. The van der Waals surface area contributed by atoms with Crippen molar-refractivity contribution in [1.82, 2.24) is 0 Å². The Balaban J connectivity index is 1.37. The molecule has 32 heavy (non-hydrogen) atoms. The van der Waals surface area contributed by atoms with E-state index in [2.05, 4.69) is 9.73 Å². The predicted molar refractivity (Wildman–Crippen MR) is 117 cm³/mol. The monoisotopic (exact) mass is 479 g/mol. The van der Waals surface area contributed by atoms with Crippen LogP contribution >= 0.6 is 22.7 Å². The average molecular weight is 479 g/mol. The van der Waals surface area contributed by atoms with Gasteiger partial charge >= 0.3 is 6.36 Å². The topological polar surface area (TPSA) is 21.6 Å². The van der Waals surface area contributed by atoms with Crippen molar-refractivity contribution in [3.8, 4) is 16.2 Å². The van der Waals surface area contributed by atoms with Gasteiger partial charge in [0.05, 0.1) is 11.6 Å². The molecule has 0 N–H and O–H groups in total. The molecule has 2 aromatic carbocycles. The van der Waals surface area contributed by atoms with E-state index in [9.17, 15) is 22.0 Å². The summed E-state index contributed by atoms with van der Waals surface area (Å²) in [7, 11) is 0. The Hall–Kier alpha value is -2.78. The van der Waals surface area contributed by atoms with Crippen LogP contribution in [0.2, 0.25) is 0 Å². The van der Waals surface area contributed by atoms with Crippen molar-refractivity contribution in [2.24, 2.45) is 4.99 Å². The first-order valence-corrected chi connectivity index (χ1v) is 11.3. The molecule has 1 aliphatic heterocycles. The Morgan fingerprint density at radius 3 is 2.25 bits per heavy atom. The molecule has 0 amide bonds. The summed E-state index contributed by atoms with van der Waals surface area (Å²) in [5.41, 5.74) is 1.20. The number of fused-ring (bicyclic) bond motifs is 1. The van der Waals surface area contributed by atoms with E-state index in [1.807, 2.05) is 12.1 Å². The molecule has 0 aliphatic carbocycles. The van der Waals surface area contributed by atoms with Crippen LogP contribution < -0.4 is 4.74 Å². The average Bonchev–Trinajstić information content (AvgIpc) is 3.42. The maximum atomic E-state index is 14.1. The molecule has 4 aromatic rings. The number of halogens is 5. The Morgan fingerprint density at radius 1 is 0.906 bits per heavy atom. The van der Waals surface area contributed by atoms with E-state index in [0.29, 0.717) is 18.6 Å². The van der Waals surface area contributed by atoms with Gasteiger partial charge in [0.15, 0.2) is 0 Å². The van der Waals surface area contributed by atoms with E-state index in [-0.39, 0.29) is 17.4 Å². The van der Waals surface area contributed by atoms with Gasteiger partial charge in [-0.1, -0.05) is 6.07 Å². The summed E-state index contributed by atoms with van der Waals surface area (Å²) in [6.07, 6.45) is -3.53. The maximum absolute atomic E-state index is 14.1. The van der Waals surface area contributed by atoms with E-state index in [1.54, 1.807) is 23.5 Å². The summed E-state index contributed by atoms with van der Waals surface area (Å²) in [6.45, 7) is 0. The zero-order valence-electron chi connectivity index (χ0n) is 16.2. The fraction of sp³-hybridized carbons (Fsp3) is 0.174. The molecular weight excluding hydrogens is 465 g/mol. The summed E-state index contributed by atoms with van der Waals surface area (Å²) in [4.78, 5) is 6.55. The van der Waals surface area contributed by atoms with E-state index in [0.717, 1.165) is 24.7 Å². The second kappa shape index (κ2) is 7.97. The van der Waals surface area contributed by atoms with Gasteiger partial charge in [0.25, 0.3) is 0 Å². The van der Waals surface area contributed by atoms with Crippen LogP contribution in [0.15, 0.2) is 59.6 Å². The van der Waals surface area contributed by atoms with Gasteiger partial charge in [-0.05, 0) is 66.9 Å².